The number of carboxylic acids is 1. The zero-order valence-corrected chi connectivity index (χ0v) is 20.4. The number of nitrogens with two attached hydrogens (primary N) is 1. The molecule has 0 saturated carbocycles. The van der Waals surface area contributed by atoms with Crippen LogP contribution in [0.4, 0.5) is 13.2 Å². The van der Waals surface area contributed by atoms with Gasteiger partial charge in [0.05, 0.1) is 31.3 Å². The first-order valence-corrected chi connectivity index (χ1v) is 12.0. The summed E-state index contributed by atoms with van der Waals surface area (Å²) in [5.41, 5.74) is 7.60. The molecule has 0 spiro atoms. The molecule has 2 aromatic carbocycles. The topological polar surface area (TPSA) is 88.7 Å². The van der Waals surface area contributed by atoms with Crippen LogP contribution in [0.2, 0.25) is 0 Å². The summed E-state index contributed by atoms with van der Waals surface area (Å²) in [5.74, 6) is 2.60. The van der Waals surface area contributed by atoms with Crippen molar-refractivity contribution in [2.75, 3.05) is 26.7 Å². The minimum absolute atomic E-state index is 0.129. The predicted molar refractivity (Wildman–Crippen MR) is 133 cm³/mol. The number of aromatic nitrogens is 1. The zero-order chi connectivity index (χ0) is 26.5. The van der Waals surface area contributed by atoms with Gasteiger partial charge in [-0.3, -0.25) is 14.7 Å². The van der Waals surface area contributed by atoms with Crippen molar-refractivity contribution in [1.82, 2.24) is 9.88 Å². The van der Waals surface area contributed by atoms with Gasteiger partial charge in [-0.1, -0.05) is 11.8 Å². The fourth-order valence-corrected chi connectivity index (χ4v) is 4.93. The maximum Gasteiger partial charge on any atom is 0.308 e. The molecule has 1 aromatic heterocycles. The van der Waals surface area contributed by atoms with E-state index in [-0.39, 0.29) is 18.0 Å². The summed E-state index contributed by atoms with van der Waals surface area (Å²) in [7, 11) is 1.53. The Kier molecular flexibility index (Phi) is 8.31. The third-order valence-corrected chi connectivity index (χ3v) is 6.84. The van der Waals surface area contributed by atoms with Crippen LogP contribution in [0.5, 0.6) is 5.75 Å². The second-order valence-electron chi connectivity index (χ2n) is 9.28. The summed E-state index contributed by atoms with van der Waals surface area (Å²) in [6, 6.07) is 7.64. The Bertz CT molecular complexity index is 1330. The van der Waals surface area contributed by atoms with Crippen LogP contribution in [0.25, 0.3) is 10.9 Å². The minimum atomic E-state index is -0.909. The summed E-state index contributed by atoms with van der Waals surface area (Å²) < 4.78 is 46.7. The summed E-state index contributed by atoms with van der Waals surface area (Å²) in [4.78, 5) is 18.1. The number of halogens is 3. The second kappa shape index (κ2) is 11.6. The van der Waals surface area contributed by atoms with E-state index in [1.165, 1.54) is 7.11 Å². The van der Waals surface area contributed by atoms with Crippen molar-refractivity contribution < 1.29 is 27.8 Å². The van der Waals surface area contributed by atoms with Crippen LogP contribution in [-0.4, -0.2) is 47.7 Å². The number of rotatable bonds is 7. The Balaban J connectivity index is 1.41. The molecule has 0 aliphatic carbocycles. The van der Waals surface area contributed by atoms with Crippen molar-refractivity contribution in [3.8, 4) is 17.6 Å². The summed E-state index contributed by atoms with van der Waals surface area (Å²) in [6.07, 6.45) is 2.70. The average Bonchev–Trinajstić information content (AvgIpc) is 2.86. The molecule has 1 aliphatic heterocycles. The number of nitrogens with zero attached hydrogens (tertiary/aromatic N) is 2. The molecule has 2 heterocycles. The Morgan fingerprint density at radius 2 is 2.00 bits per heavy atom. The van der Waals surface area contributed by atoms with Crippen LogP contribution in [0.15, 0.2) is 42.6 Å². The van der Waals surface area contributed by atoms with E-state index >= 15 is 0 Å². The van der Waals surface area contributed by atoms with Gasteiger partial charge in [-0.25, -0.2) is 13.2 Å². The SMILES string of the molecule is COc1ccc2ncc(F)c(C(N)CCC3CCN(CC#Cc4cc(F)cc(F)c4)CC3C(=O)O)c2c1. The van der Waals surface area contributed by atoms with Gasteiger partial charge >= 0.3 is 5.97 Å². The average molecular weight is 512 g/mol. The van der Waals surface area contributed by atoms with Crippen molar-refractivity contribution in [2.24, 2.45) is 17.6 Å². The highest BCUT2D eigenvalue weighted by Gasteiger charge is 2.34. The molecule has 9 heteroatoms. The molecule has 3 aromatic rings. The molecule has 194 valence electrons. The minimum Gasteiger partial charge on any atom is -0.497 e. The van der Waals surface area contributed by atoms with Gasteiger partial charge in [0, 0.05) is 35.2 Å². The van der Waals surface area contributed by atoms with E-state index in [0.717, 1.165) is 24.4 Å². The fourth-order valence-electron chi connectivity index (χ4n) is 4.93. The van der Waals surface area contributed by atoms with Crippen molar-refractivity contribution in [1.29, 1.82) is 0 Å². The van der Waals surface area contributed by atoms with Gasteiger partial charge in [-0.15, -0.1) is 0 Å². The normalized spacial score (nSPS) is 18.7. The van der Waals surface area contributed by atoms with E-state index in [4.69, 9.17) is 10.5 Å². The lowest BCUT2D eigenvalue weighted by atomic mass is 9.81. The number of hydrogen-bond acceptors (Lipinski definition) is 5. The van der Waals surface area contributed by atoms with E-state index in [0.29, 0.717) is 54.6 Å². The van der Waals surface area contributed by atoms with Crippen molar-refractivity contribution >= 4 is 16.9 Å². The number of fused-ring (bicyclic) bond motifs is 1. The summed E-state index contributed by atoms with van der Waals surface area (Å²) in [6.45, 7) is 1.20. The summed E-state index contributed by atoms with van der Waals surface area (Å²) in [5, 5.41) is 10.4. The molecular formula is C28H28F3N3O3. The third-order valence-electron chi connectivity index (χ3n) is 6.84. The largest absolute Gasteiger partial charge is 0.497 e. The quantitative estimate of drug-likeness (QED) is 0.454. The zero-order valence-electron chi connectivity index (χ0n) is 20.4. The van der Waals surface area contributed by atoms with Crippen molar-refractivity contribution in [3.63, 3.8) is 0 Å². The number of carboxylic acid groups (broad SMARTS) is 1. The van der Waals surface area contributed by atoms with Gasteiger partial charge in [0.25, 0.3) is 0 Å². The van der Waals surface area contributed by atoms with Crippen LogP contribution < -0.4 is 10.5 Å². The maximum absolute atomic E-state index is 14.8. The number of aliphatic carboxylic acids is 1. The highest BCUT2D eigenvalue weighted by molar-refractivity contribution is 5.84. The summed E-state index contributed by atoms with van der Waals surface area (Å²) >= 11 is 0. The number of methoxy groups -OCH3 is 1. The molecule has 1 fully saturated rings. The molecule has 0 radical (unpaired) electrons. The molecule has 0 amide bonds. The van der Waals surface area contributed by atoms with Crippen molar-refractivity contribution in [2.45, 2.75) is 25.3 Å². The number of piperidine rings is 1. The molecule has 1 saturated heterocycles. The van der Waals surface area contributed by atoms with Gasteiger partial charge < -0.3 is 15.6 Å². The van der Waals surface area contributed by atoms with Crippen LogP contribution in [0.1, 0.15) is 36.4 Å². The van der Waals surface area contributed by atoms with Gasteiger partial charge in [0.1, 0.15) is 23.2 Å². The lowest BCUT2D eigenvalue weighted by Gasteiger charge is -2.36. The highest BCUT2D eigenvalue weighted by Crippen LogP contribution is 2.34. The Labute approximate surface area is 213 Å². The maximum atomic E-state index is 14.8. The van der Waals surface area contributed by atoms with Gasteiger partial charge in [0.15, 0.2) is 0 Å². The number of benzene rings is 2. The van der Waals surface area contributed by atoms with Crippen LogP contribution in [0.3, 0.4) is 0 Å². The molecule has 1 aliphatic rings. The first kappa shape index (κ1) is 26.5. The van der Waals surface area contributed by atoms with Crippen LogP contribution in [-0.2, 0) is 4.79 Å². The first-order chi connectivity index (χ1) is 17.7. The fraction of sp³-hybridized carbons (Fsp3) is 0.357. The van der Waals surface area contributed by atoms with Gasteiger partial charge in [-0.05, 0) is 62.1 Å². The molecule has 3 unspecified atom stereocenters. The molecule has 3 N–H and O–H groups in total. The lowest BCUT2D eigenvalue weighted by molar-refractivity contribution is -0.146. The number of likely N-dealkylation sites (tertiary alicyclic amines) is 1. The predicted octanol–water partition coefficient (Wildman–Crippen LogP) is 4.52. The molecule has 0 bridgehead atoms. The van der Waals surface area contributed by atoms with E-state index in [2.05, 4.69) is 16.8 Å². The molecule has 4 rings (SSSR count). The van der Waals surface area contributed by atoms with Crippen LogP contribution in [0, 0.1) is 41.1 Å². The van der Waals surface area contributed by atoms with E-state index in [1.54, 1.807) is 18.2 Å². The highest BCUT2D eigenvalue weighted by atomic mass is 19.1. The monoisotopic (exact) mass is 511 g/mol. The molecule has 37 heavy (non-hydrogen) atoms. The van der Waals surface area contributed by atoms with Crippen molar-refractivity contribution in [3.05, 3.63) is 71.2 Å². The first-order valence-electron chi connectivity index (χ1n) is 12.0. The van der Waals surface area contributed by atoms with E-state index in [9.17, 15) is 23.1 Å². The van der Waals surface area contributed by atoms with E-state index < -0.39 is 35.4 Å². The third kappa shape index (κ3) is 6.40. The lowest BCUT2D eigenvalue weighted by Crippen LogP contribution is -2.44. The van der Waals surface area contributed by atoms with E-state index in [1.807, 2.05) is 4.90 Å². The Morgan fingerprint density at radius 3 is 2.70 bits per heavy atom. The number of carbonyl (C=O) groups is 1. The molecule has 3 atom stereocenters. The molecule has 6 nitrogen and oxygen atoms in total. The standard InChI is InChI=1S/C28H28F3N3O3/c1-37-21-5-7-26-22(14-21)27(24(31)15-33-26)25(32)6-4-18-8-10-34(16-23(18)28(35)36)9-2-3-17-11-19(29)13-20(30)12-17/h5,7,11-15,18,23,25H,4,6,8-10,16,32H2,1H3,(H,35,36). The number of pyridine rings is 1. The van der Waals surface area contributed by atoms with Gasteiger partial charge in [0.2, 0.25) is 0 Å². The molecular weight excluding hydrogens is 483 g/mol. The number of hydrogen-bond donors (Lipinski definition) is 2. The van der Waals surface area contributed by atoms with Crippen LogP contribution >= 0.6 is 0 Å². The number of ether oxygens (including phenoxy) is 1. The van der Waals surface area contributed by atoms with Gasteiger partial charge in [-0.2, -0.15) is 0 Å². The Hall–Kier alpha value is -3.61. The Morgan fingerprint density at radius 1 is 1.24 bits per heavy atom. The second-order valence-corrected chi connectivity index (χ2v) is 9.28. The smallest absolute Gasteiger partial charge is 0.308 e.